The second kappa shape index (κ2) is 5.32. The number of esters is 1. The van der Waals surface area contributed by atoms with E-state index in [1.165, 1.54) is 0 Å². The summed E-state index contributed by atoms with van der Waals surface area (Å²) in [6.45, 7) is 5.56. The van der Waals surface area contributed by atoms with E-state index in [-0.39, 0.29) is 5.97 Å². The van der Waals surface area contributed by atoms with E-state index in [4.69, 9.17) is 4.74 Å². The lowest BCUT2D eigenvalue weighted by atomic mass is 10.1. The molecule has 0 amide bonds. The van der Waals surface area contributed by atoms with Crippen LogP contribution in [-0.4, -0.2) is 11.6 Å². The zero-order chi connectivity index (χ0) is 12.3. The summed E-state index contributed by atoms with van der Waals surface area (Å²) < 4.78 is 6.27. The van der Waals surface area contributed by atoms with Gasteiger partial charge in [-0.25, -0.2) is 0 Å². The van der Waals surface area contributed by atoms with Crippen LogP contribution >= 0.6 is 31.9 Å². The molecule has 1 rings (SSSR count). The largest absolute Gasteiger partial charge is 0.459 e. The van der Waals surface area contributed by atoms with Gasteiger partial charge in [-0.2, -0.15) is 0 Å². The van der Waals surface area contributed by atoms with E-state index in [0.717, 1.165) is 10.0 Å². The molecule has 0 aliphatic heterocycles. The van der Waals surface area contributed by atoms with Gasteiger partial charge in [0.15, 0.2) is 0 Å². The van der Waals surface area contributed by atoms with Crippen molar-refractivity contribution in [2.75, 3.05) is 0 Å². The molecule has 4 heteroatoms. The Bertz CT molecular complexity index is 366. The second-order valence-corrected chi connectivity index (χ2v) is 6.28. The summed E-state index contributed by atoms with van der Waals surface area (Å²) in [6, 6.07) is 7.56. The molecule has 2 nitrogen and oxygen atoms in total. The molecule has 0 aliphatic carbocycles. The smallest absolute Gasteiger partial charge is 0.324 e. The summed E-state index contributed by atoms with van der Waals surface area (Å²) in [5.74, 6) is -0.269. The van der Waals surface area contributed by atoms with Gasteiger partial charge in [-0.1, -0.05) is 44.0 Å². The van der Waals surface area contributed by atoms with Crippen LogP contribution in [0.15, 0.2) is 28.7 Å². The summed E-state index contributed by atoms with van der Waals surface area (Å²) in [5.41, 5.74) is 0.427. The van der Waals surface area contributed by atoms with Crippen LogP contribution in [-0.2, 0) is 9.53 Å². The Balaban J connectivity index is 2.74. The van der Waals surface area contributed by atoms with Crippen molar-refractivity contribution in [1.82, 2.24) is 0 Å². The molecule has 0 unspecified atom stereocenters. The zero-order valence-corrected chi connectivity index (χ0v) is 12.6. The molecule has 0 aliphatic rings. The standard InChI is InChI=1S/C12H14Br2O2/c1-12(2,3)16-11(15)10(14)8-4-6-9(13)7-5-8/h4-7,10H,1-3H3/t10-/m0/s1. The average Bonchev–Trinajstić information content (AvgIpc) is 2.15. The average molecular weight is 350 g/mol. The third-order valence-corrected chi connectivity index (χ3v) is 3.21. The summed E-state index contributed by atoms with van der Waals surface area (Å²) in [4.78, 5) is 11.3. The summed E-state index contributed by atoms with van der Waals surface area (Å²) in [6.07, 6.45) is 0. The lowest BCUT2D eigenvalue weighted by molar-refractivity contribution is -0.154. The number of carbonyl (C=O) groups is 1. The van der Waals surface area contributed by atoms with Crippen molar-refractivity contribution in [3.63, 3.8) is 0 Å². The maximum Gasteiger partial charge on any atom is 0.324 e. The summed E-state index contributed by atoms with van der Waals surface area (Å²) in [5, 5.41) is 0. The molecule has 1 aromatic rings. The van der Waals surface area contributed by atoms with E-state index < -0.39 is 10.4 Å². The Labute approximate surface area is 113 Å². The van der Waals surface area contributed by atoms with Crippen LogP contribution in [0.5, 0.6) is 0 Å². The van der Waals surface area contributed by atoms with Crippen molar-refractivity contribution >= 4 is 37.8 Å². The van der Waals surface area contributed by atoms with Crippen molar-refractivity contribution < 1.29 is 9.53 Å². The van der Waals surface area contributed by atoms with Crippen molar-refractivity contribution in [1.29, 1.82) is 0 Å². The maximum absolute atomic E-state index is 11.8. The lowest BCUT2D eigenvalue weighted by Gasteiger charge is -2.21. The molecule has 0 bridgehead atoms. The third kappa shape index (κ3) is 4.26. The SMILES string of the molecule is CC(C)(C)OC(=O)[C@@H](Br)c1ccc(Br)cc1. The highest BCUT2D eigenvalue weighted by Crippen LogP contribution is 2.27. The van der Waals surface area contributed by atoms with Gasteiger partial charge in [0.1, 0.15) is 10.4 Å². The lowest BCUT2D eigenvalue weighted by Crippen LogP contribution is -2.25. The predicted octanol–water partition coefficient (Wildman–Crippen LogP) is 4.23. The highest BCUT2D eigenvalue weighted by atomic mass is 79.9. The molecule has 0 radical (unpaired) electrons. The maximum atomic E-state index is 11.8. The number of hydrogen-bond donors (Lipinski definition) is 0. The molecule has 16 heavy (non-hydrogen) atoms. The van der Waals surface area contributed by atoms with Crippen LogP contribution in [0, 0.1) is 0 Å². The molecule has 1 atom stereocenters. The topological polar surface area (TPSA) is 26.3 Å². The number of benzene rings is 1. The highest BCUT2D eigenvalue weighted by Gasteiger charge is 2.24. The Morgan fingerprint density at radius 1 is 1.25 bits per heavy atom. The number of rotatable bonds is 2. The van der Waals surface area contributed by atoms with Gasteiger partial charge in [0.05, 0.1) is 0 Å². The van der Waals surface area contributed by atoms with Gasteiger partial charge < -0.3 is 4.74 Å². The molecule has 0 fully saturated rings. The summed E-state index contributed by atoms with van der Waals surface area (Å²) in [7, 11) is 0. The number of hydrogen-bond acceptors (Lipinski definition) is 2. The first-order valence-electron chi connectivity index (χ1n) is 4.92. The first kappa shape index (κ1) is 13.7. The molecule has 0 saturated heterocycles. The number of halogens is 2. The van der Waals surface area contributed by atoms with Crippen molar-refractivity contribution in [2.24, 2.45) is 0 Å². The van der Waals surface area contributed by atoms with Crippen molar-refractivity contribution in [2.45, 2.75) is 31.2 Å². The molecule has 0 spiro atoms. The number of ether oxygens (including phenoxy) is 1. The monoisotopic (exact) mass is 348 g/mol. The van der Waals surface area contributed by atoms with Gasteiger partial charge in [0.2, 0.25) is 0 Å². The highest BCUT2D eigenvalue weighted by molar-refractivity contribution is 9.10. The van der Waals surface area contributed by atoms with Gasteiger partial charge in [-0.15, -0.1) is 0 Å². The van der Waals surface area contributed by atoms with Crippen LogP contribution in [0.3, 0.4) is 0 Å². The van der Waals surface area contributed by atoms with E-state index >= 15 is 0 Å². The number of alkyl halides is 1. The second-order valence-electron chi connectivity index (χ2n) is 4.45. The van der Waals surface area contributed by atoms with E-state index in [9.17, 15) is 4.79 Å². The molecular weight excluding hydrogens is 336 g/mol. The number of carbonyl (C=O) groups excluding carboxylic acids is 1. The zero-order valence-electron chi connectivity index (χ0n) is 9.46. The summed E-state index contributed by atoms with van der Waals surface area (Å²) >= 11 is 6.69. The fraction of sp³-hybridized carbons (Fsp3) is 0.417. The van der Waals surface area contributed by atoms with Crippen LogP contribution < -0.4 is 0 Å². The fourth-order valence-electron chi connectivity index (χ4n) is 1.12. The quantitative estimate of drug-likeness (QED) is 0.590. The van der Waals surface area contributed by atoms with E-state index in [0.29, 0.717) is 0 Å². The van der Waals surface area contributed by atoms with E-state index in [1.807, 2.05) is 45.0 Å². The first-order valence-corrected chi connectivity index (χ1v) is 6.63. The third-order valence-electron chi connectivity index (χ3n) is 1.78. The Morgan fingerprint density at radius 3 is 2.19 bits per heavy atom. The van der Waals surface area contributed by atoms with Gasteiger partial charge in [0, 0.05) is 4.47 Å². The van der Waals surface area contributed by atoms with Gasteiger partial charge in [-0.3, -0.25) is 4.79 Å². The van der Waals surface area contributed by atoms with E-state index in [2.05, 4.69) is 31.9 Å². The molecular formula is C12H14Br2O2. The molecule has 0 N–H and O–H groups in total. The predicted molar refractivity (Wildman–Crippen MR) is 71.7 cm³/mol. The normalized spacial score (nSPS) is 13.3. The molecule has 0 heterocycles. The van der Waals surface area contributed by atoms with Crippen LogP contribution in [0.4, 0.5) is 0 Å². The fourth-order valence-corrected chi connectivity index (χ4v) is 1.78. The Kier molecular flexibility index (Phi) is 4.56. The molecule has 1 aromatic carbocycles. The van der Waals surface area contributed by atoms with Crippen LogP contribution in [0.25, 0.3) is 0 Å². The molecule has 0 saturated carbocycles. The minimum absolute atomic E-state index is 0.269. The van der Waals surface area contributed by atoms with Gasteiger partial charge in [0.25, 0.3) is 0 Å². The minimum Gasteiger partial charge on any atom is -0.459 e. The Hall–Kier alpha value is -0.350. The molecule has 88 valence electrons. The van der Waals surface area contributed by atoms with Crippen molar-refractivity contribution in [3.05, 3.63) is 34.3 Å². The molecule has 0 aromatic heterocycles. The van der Waals surface area contributed by atoms with Crippen LogP contribution in [0.1, 0.15) is 31.2 Å². The van der Waals surface area contributed by atoms with E-state index in [1.54, 1.807) is 0 Å². The van der Waals surface area contributed by atoms with Gasteiger partial charge >= 0.3 is 5.97 Å². The van der Waals surface area contributed by atoms with Crippen LogP contribution in [0.2, 0.25) is 0 Å². The van der Waals surface area contributed by atoms with Gasteiger partial charge in [-0.05, 0) is 38.5 Å². The first-order chi connectivity index (χ1) is 7.29. The Morgan fingerprint density at radius 2 is 1.75 bits per heavy atom. The minimum atomic E-state index is -0.460. The van der Waals surface area contributed by atoms with Crippen molar-refractivity contribution in [3.8, 4) is 0 Å².